The third kappa shape index (κ3) is 13.8. The van der Waals surface area contributed by atoms with Crippen LogP contribution in [0.25, 0.3) is 12.2 Å². The quantitative estimate of drug-likeness (QED) is 0.297. The van der Waals surface area contributed by atoms with E-state index in [0.717, 1.165) is 4.90 Å². The van der Waals surface area contributed by atoms with Gasteiger partial charge in [-0.05, 0) is 78.0 Å². The summed E-state index contributed by atoms with van der Waals surface area (Å²) in [5.41, 5.74) is -0.253. The Labute approximate surface area is 240 Å². The Morgan fingerprint density at radius 2 is 1.24 bits per heavy atom. The van der Waals surface area contributed by atoms with Crippen LogP contribution in [-0.2, 0) is 28.5 Å². The fraction of sp³-hybridized carbons (Fsp3) is 0.379. The molecular weight excluding hydrogens is 532 g/mol. The van der Waals surface area contributed by atoms with Crippen molar-refractivity contribution < 1.29 is 38.1 Å². The zero-order valence-corrected chi connectivity index (χ0v) is 24.9. The number of carbonyl (C=O) groups is 4. The molecule has 0 aliphatic rings. The fourth-order valence-electron chi connectivity index (χ4n) is 2.71. The van der Waals surface area contributed by atoms with Gasteiger partial charge >= 0.3 is 24.1 Å². The van der Waals surface area contributed by atoms with Crippen molar-refractivity contribution in [2.45, 2.75) is 52.7 Å². The highest BCUT2D eigenvalue weighted by Gasteiger charge is 2.26. The summed E-state index contributed by atoms with van der Waals surface area (Å²) in [7, 11) is 3.92. The largest absolute Gasteiger partial charge is 0.464 e. The Balaban J connectivity index is 0.000000410. The molecule has 0 aliphatic carbocycles. The highest BCUT2D eigenvalue weighted by atomic mass is 16.6. The van der Waals surface area contributed by atoms with Crippen molar-refractivity contribution in [3.05, 3.63) is 71.6 Å². The summed E-state index contributed by atoms with van der Waals surface area (Å²) >= 11 is 0. The molecule has 0 spiro atoms. The smallest absolute Gasteiger partial charge is 0.414 e. The second kappa shape index (κ2) is 15.8. The summed E-state index contributed by atoms with van der Waals surface area (Å²) < 4.78 is 19.6. The average Bonchev–Trinajstić information content (AvgIpc) is 2.89. The molecule has 2 heterocycles. The van der Waals surface area contributed by atoms with E-state index in [1.165, 1.54) is 33.4 Å². The van der Waals surface area contributed by atoms with Crippen molar-refractivity contribution in [2.24, 2.45) is 0 Å². The van der Waals surface area contributed by atoms with Crippen LogP contribution in [-0.4, -0.2) is 71.5 Å². The van der Waals surface area contributed by atoms with Crippen molar-refractivity contribution >= 4 is 36.3 Å². The number of pyridine rings is 2. The number of esters is 2. The number of aromatic nitrogens is 2. The first kappa shape index (κ1) is 34.3. The molecule has 2 amide bonds. The van der Waals surface area contributed by atoms with Crippen molar-refractivity contribution in [1.82, 2.24) is 20.2 Å². The normalized spacial score (nSPS) is 11.7. The van der Waals surface area contributed by atoms with Gasteiger partial charge in [0.05, 0.1) is 25.6 Å². The molecule has 222 valence electrons. The fourth-order valence-corrected chi connectivity index (χ4v) is 2.71. The van der Waals surface area contributed by atoms with Gasteiger partial charge < -0.3 is 18.9 Å². The lowest BCUT2D eigenvalue weighted by Gasteiger charge is -2.25. The molecule has 2 aromatic rings. The number of rotatable bonds is 6. The Morgan fingerprint density at radius 1 is 0.756 bits per heavy atom. The standard InChI is InChI=1S/C15H20N2O4.C14H18N2O4/c1-15(2,3)21-14(19)17(4)12(13(18)20-5)10-11-8-6-7-9-16-11;1-14(2,3)20-13(18)16-11(12(17)19-4)9-10-7-5-6-8-15-10/h6-10H,1-5H3;5-9H,1-4H3,(H,16,18). The molecule has 0 atom stereocenters. The minimum atomic E-state index is -0.731. The third-order valence-electron chi connectivity index (χ3n) is 4.42. The van der Waals surface area contributed by atoms with Crippen LogP contribution >= 0.6 is 0 Å². The van der Waals surface area contributed by atoms with E-state index in [0.29, 0.717) is 11.4 Å². The number of likely N-dealkylation sites (N-methyl/N-ethyl adjacent to an activating group) is 1. The van der Waals surface area contributed by atoms with Gasteiger partial charge in [-0.2, -0.15) is 0 Å². The van der Waals surface area contributed by atoms with Crippen LogP contribution in [0.1, 0.15) is 52.9 Å². The minimum absolute atomic E-state index is 0.0412. The van der Waals surface area contributed by atoms with Crippen LogP contribution in [0.5, 0.6) is 0 Å². The zero-order chi connectivity index (χ0) is 31.2. The van der Waals surface area contributed by atoms with Crippen LogP contribution in [0.15, 0.2) is 60.2 Å². The maximum Gasteiger partial charge on any atom is 0.414 e. The maximum absolute atomic E-state index is 12.0. The highest BCUT2D eigenvalue weighted by molar-refractivity contribution is 5.97. The van der Waals surface area contributed by atoms with E-state index in [-0.39, 0.29) is 11.4 Å². The van der Waals surface area contributed by atoms with E-state index in [1.54, 1.807) is 90.3 Å². The van der Waals surface area contributed by atoms with Gasteiger partial charge in [0.2, 0.25) is 0 Å². The van der Waals surface area contributed by atoms with Gasteiger partial charge in [-0.15, -0.1) is 0 Å². The van der Waals surface area contributed by atoms with Gasteiger partial charge in [0.1, 0.15) is 22.6 Å². The van der Waals surface area contributed by atoms with Crippen molar-refractivity contribution in [1.29, 1.82) is 0 Å². The lowest BCUT2D eigenvalue weighted by molar-refractivity contribution is -0.138. The molecule has 0 bridgehead atoms. The first-order valence-corrected chi connectivity index (χ1v) is 12.4. The number of ether oxygens (including phenoxy) is 4. The molecule has 0 radical (unpaired) electrons. The Hall–Kier alpha value is -4.74. The Bertz CT molecular complexity index is 1230. The first-order chi connectivity index (χ1) is 19.1. The Kier molecular flexibility index (Phi) is 13.2. The average molecular weight is 571 g/mol. The number of methoxy groups -OCH3 is 2. The van der Waals surface area contributed by atoms with E-state index in [2.05, 4.69) is 20.0 Å². The lowest BCUT2D eigenvalue weighted by Crippen LogP contribution is -2.36. The van der Waals surface area contributed by atoms with Crippen molar-refractivity contribution in [3.63, 3.8) is 0 Å². The number of nitrogens with zero attached hydrogens (tertiary/aromatic N) is 3. The van der Waals surface area contributed by atoms with Crippen LogP contribution < -0.4 is 5.32 Å². The Morgan fingerprint density at radius 3 is 1.66 bits per heavy atom. The van der Waals surface area contributed by atoms with Gasteiger partial charge in [0.25, 0.3) is 0 Å². The van der Waals surface area contributed by atoms with Crippen LogP contribution in [0.3, 0.4) is 0 Å². The molecular formula is C29H38N4O8. The van der Waals surface area contributed by atoms with Crippen molar-refractivity contribution in [2.75, 3.05) is 21.3 Å². The summed E-state index contributed by atoms with van der Waals surface area (Å²) in [6.07, 6.45) is 4.67. The van der Waals surface area contributed by atoms with E-state index < -0.39 is 35.3 Å². The topological polar surface area (TPSA) is 146 Å². The summed E-state index contributed by atoms with van der Waals surface area (Å²) in [5, 5.41) is 2.36. The van der Waals surface area contributed by atoms with Crippen LogP contribution in [0, 0.1) is 0 Å². The monoisotopic (exact) mass is 570 g/mol. The van der Waals surface area contributed by atoms with E-state index in [9.17, 15) is 19.2 Å². The summed E-state index contributed by atoms with van der Waals surface area (Å²) in [6, 6.07) is 10.5. The number of alkyl carbamates (subject to hydrolysis) is 1. The van der Waals surface area contributed by atoms with Gasteiger partial charge in [0, 0.05) is 19.4 Å². The van der Waals surface area contributed by atoms with E-state index >= 15 is 0 Å². The molecule has 2 aromatic heterocycles. The second-order valence-corrected chi connectivity index (χ2v) is 10.2. The molecule has 0 saturated carbocycles. The van der Waals surface area contributed by atoms with E-state index in [1.807, 2.05) is 0 Å². The molecule has 2 rings (SSSR count). The van der Waals surface area contributed by atoms with Gasteiger partial charge in [-0.1, -0.05) is 12.1 Å². The number of carbonyl (C=O) groups excluding carboxylic acids is 4. The van der Waals surface area contributed by atoms with Crippen LogP contribution in [0.4, 0.5) is 9.59 Å². The molecule has 0 saturated heterocycles. The summed E-state index contributed by atoms with van der Waals surface area (Å²) in [4.78, 5) is 56.4. The number of hydrogen-bond acceptors (Lipinski definition) is 10. The third-order valence-corrected chi connectivity index (χ3v) is 4.42. The van der Waals surface area contributed by atoms with E-state index in [4.69, 9.17) is 14.2 Å². The number of nitrogens with one attached hydrogen (secondary N) is 1. The zero-order valence-electron chi connectivity index (χ0n) is 24.9. The molecule has 0 fully saturated rings. The van der Waals surface area contributed by atoms with Gasteiger partial charge in [-0.3, -0.25) is 20.2 Å². The van der Waals surface area contributed by atoms with Crippen molar-refractivity contribution in [3.8, 4) is 0 Å². The number of amides is 2. The second-order valence-electron chi connectivity index (χ2n) is 10.2. The summed E-state index contributed by atoms with van der Waals surface area (Å²) in [6.45, 7) is 10.4. The maximum atomic E-state index is 12.0. The van der Waals surface area contributed by atoms with Gasteiger partial charge in [0.15, 0.2) is 0 Å². The first-order valence-electron chi connectivity index (χ1n) is 12.4. The minimum Gasteiger partial charge on any atom is -0.464 e. The van der Waals surface area contributed by atoms with Gasteiger partial charge in [-0.25, -0.2) is 19.2 Å². The molecule has 0 aromatic carbocycles. The molecule has 41 heavy (non-hydrogen) atoms. The predicted octanol–water partition coefficient (Wildman–Crippen LogP) is 4.58. The molecule has 0 unspecified atom stereocenters. The molecule has 0 aliphatic heterocycles. The van der Waals surface area contributed by atoms with Crippen LogP contribution in [0.2, 0.25) is 0 Å². The predicted molar refractivity (Wildman–Crippen MR) is 152 cm³/mol. The summed E-state index contributed by atoms with van der Waals surface area (Å²) in [5.74, 6) is -1.32. The lowest BCUT2D eigenvalue weighted by atomic mass is 10.2. The SMILES string of the molecule is COC(=O)C(=Cc1ccccn1)N(C)C(=O)OC(C)(C)C.COC(=O)C(=Cc1ccccn1)NC(=O)OC(C)(C)C. The molecule has 12 heteroatoms. The number of hydrogen-bond donors (Lipinski definition) is 1. The highest BCUT2D eigenvalue weighted by Crippen LogP contribution is 2.15. The molecule has 1 N–H and O–H groups in total. The molecule has 12 nitrogen and oxygen atoms in total.